The van der Waals surface area contributed by atoms with Gasteiger partial charge in [-0.2, -0.15) is 0 Å². The molecule has 2 heterocycles. The first-order valence-electron chi connectivity index (χ1n) is 7.84. The third-order valence-electron chi connectivity index (χ3n) is 3.63. The molecule has 0 N–H and O–H groups in total. The predicted molar refractivity (Wildman–Crippen MR) is 90.2 cm³/mol. The monoisotopic (exact) mass is 341 g/mol. The maximum absolute atomic E-state index is 12.6. The van der Waals surface area contributed by atoms with Crippen molar-refractivity contribution < 1.29 is 23.1 Å². The summed E-state index contributed by atoms with van der Waals surface area (Å²) in [6, 6.07) is 14.3. The van der Waals surface area contributed by atoms with Gasteiger partial charge in [0.2, 0.25) is 0 Å². The minimum Gasteiger partial charge on any atom is -0.497 e. The summed E-state index contributed by atoms with van der Waals surface area (Å²) >= 11 is 0. The van der Waals surface area contributed by atoms with Crippen LogP contribution in [0.25, 0.3) is 0 Å². The summed E-state index contributed by atoms with van der Waals surface area (Å²) in [5.41, 5.74) is 0. The molecule has 0 aliphatic rings. The number of ether oxygens (including phenoxy) is 2. The number of carbonyl (C=O) groups is 1. The molecule has 0 bridgehead atoms. The molecule has 0 aliphatic carbocycles. The van der Waals surface area contributed by atoms with Gasteiger partial charge in [-0.05, 0) is 48.5 Å². The number of hydrogen-bond acceptors (Lipinski definition) is 5. The number of rotatable bonds is 8. The summed E-state index contributed by atoms with van der Waals surface area (Å²) in [6.07, 6.45) is 3.16. The summed E-state index contributed by atoms with van der Waals surface area (Å²) in [5.74, 6) is 2.57. The van der Waals surface area contributed by atoms with Gasteiger partial charge in [0.15, 0.2) is 6.61 Å². The summed E-state index contributed by atoms with van der Waals surface area (Å²) in [6.45, 7) is 0.616. The van der Waals surface area contributed by atoms with Gasteiger partial charge in [-0.15, -0.1) is 0 Å². The molecule has 0 saturated heterocycles. The average Bonchev–Trinajstić information content (AvgIpc) is 3.33. The smallest absolute Gasteiger partial charge is 0.261 e. The number of hydrogen-bond donors (Lipinski definition) is 0. The van der Waals surface area contributed by atoms with Crippen LogP contribution in [0.2, 0.25) is 0 Å². The number of benzene rings is 1. The zero-order valence-corrected chi connectivity index (χ0v) is 13.9. The van der Waals surface area contributed by atoms with Crippen molar-refractivity contribution in [3.63, 3.8) is 0 Å². The van der Waals surface area contributed by atoms with Gasteiger partial charge < -0.3 is 23.2 Å². The predicted octanol–water partition coefficient (Wildman–Crippen LogP) is 3.49. The third-order valence-corrected chi connectivity index (χ3v) is 3.63. The van der Waals surface area contributed by atoms with E-state index >= 15 is 0 Å². The second kappa shape index (κ2) is 8.10. The zero-order valence-electron chi connectivity index (χ0n) is 13.9. The van der Waals surface area contributed by atoms with Crippen molar-refractivity contribution in [3.05, 3.63) is 72.6 Å². The van der Waals surface area contributed by atoms with E-state index < -0.39 is 0 Å². The molecule has 25 heavy (non-hydrogen) atoms. The molecule has 6 nitrogen and oxygen atoms in total. The fourth-order valence-corrected chi connectivity index (χ4v) is 2.32. The summed E-state index contributed by atoms with van der Waals surface area (Å²) in [5, 5.41) is 0. The van der Waals surface area contributed by atoms with Crippen molar-refractivity contribution in [1.29, 1.82) is 0 Å². The first-order valence-corrected chi connectivity index (χ1v) is 7.84. The van der Waals surface area contributed by atoms with E-state index in [4.69, 9.17) is 18.3 Å². The molecule has 0 radical (unpaired) electrons. The summed E-state index contributed by atoms with van der Waals surface area (Å²) < 4.78 is 21.4. The van der Waals surface area contributed by atoms with Gasteiger partial charge in [0.05, 0.1) is 32.7 Å². The standard InChI is InChI=1S/C19H19NO5/c1-22-15-6-8-16(9-7-15)25-14-19(21)20(12-17-4-2-10-23-17)13-18-5-3-11-24-18/h2-11H,12-14H2,1H3. The van der Waals surface area contributed by atoms with E-state index in [1.54, 1.807) is 60.9 Å². The van der Waals surface area contributed by atoms with Gasteiger partial charge in [0, 0.05) is 0 Å². The third kappa shape index (κ3) is 4.67. The second-order valence-corrected chi connectivity index (χ2v) is 5.37. The molecular weight excluding hydrogens is 322 g/mol. The normalized spacial score (nSPS) is 10.4. The highest BCUT2D eigenvalue weighted by atomic mass is 16.5. The Morgan fingerprint density at radius 2 is 1.48 bits per heavy atom. The van der Waals surface area contributed by atoms with Crippen LogP contribution in [0.5, 0.6) is 11.5 Å². The van der Waals surface area contributed by atoms with Crippen LogP contribution in [0.15, 0.2) is 69.9 Å². The molecule has 0 atom stereocenters. The van der Waals surface area contributed by atoms with Crippen LogP contribution in [0.1, 0.15) is 11.5 Å². The topological polar surface area (TPSA) is 65.1 Å². The lowest BCUT2D eigenvalue weighted by atomic mass is 10.3. The Balaban J connectivity index is 1.62. The molecule has 3 rings (SSSR count). The fourth-order valence-electron chi connectivity index (χ4n) is 2.32. The van der Waals surface area contributed by atoms with E-state index in [0.29, 0.717) is 30.4 Å². The lowest BCUT2D eigenvalue weighted by molar-refractivity contribution is -0.135. The summed E-state index contributed by atoms with van der Waals surface area (Å²) in [7, 11) is 1.60. The van der Waals surface area contributed by atoms with Gasteiger partial charge in [-0.25, -0.2) is 0 Å². The van der Waals surface area contributed by atoms with Crippen LogP contribution in [-0.2, 0) is 17.9 Å². The molecule has 1 amide bonds. The van der Waals surface area contributed by atoms with E-state index in [-0.39, 0.29) is 12.5 Å². The highest BCUT2D eigenvalue weighted by molar-refractivity contribution is 5.77. The van der Waals surface area contributed by atoms with Crippen LogP contribution in [-0.4, -0.2) is 24.5 Å². The molecule has 130 valence electrons. The molecule has 2 aromatic heterocycles. The number of methoxy groups -OCH3 is 1. The van der Waals surface area contributed by atoms with Crippen LogP contribution in [0.4, 0.5) is 0 Å². The van der Waals surface area contributed by atoms with Crippen molar-refractivity contribution in [2.45, 2.75) is 13.1 Å². The fraction of sp³-hybridized carbons (Fsp3) is 0.211. The van der Waals surface area contributed by atoms with Crippen molar-refractivity contribution in [2.24, 2.45) is 0 Å². The van der Waals surface area contributed by atoms with Crippen molar-refractivity contribution >= 4 is 5.91 Å². The molecule has 6 heteroatoms. The lowest BCUT2D eigenvalue weighted by Gasteiger charge is -2.20. The van der Waals surface area contributed by atoms with Crippen molar-refractivity contribution in [1.82, 2.24) is 4.90 Å². The molecule has 3 aromatic rings. The lowest BCUT2D eigenvalue weighted by Crippen LogP contribution is -2.33. The van der Waals surface area contributed by atoms with Gasteiger partial charge in [0.1, 0.15) is 23.0 Å². The number of carbonyl (C=O) groups excluding carboxylic acids is 1. The molecule has 0 unspecified atom stereocenters. The highest BCUT2D eigenvalue weighted by Crippen LogP contribution is 2.17. The maximum Gasteiger partial charge on any atom is 0.261 e. The van der Waals surface area contributed by atoms with E-state index in [1.165, 1.54) is 0 Å². The van der Waals surface area contributed by atoms with E-state index in [9.17, 15) is 4.79 Å². The van der Waals surface area contributed by atoms with Crippen LogP contribution >= 0.6 is 0 Å². The highest BCUT2D eigenvalue weighted by Gasteiger charge is 2.18. The summed E-state index contributed by atoms with van der Waals surface area (Å²) in [4.78, 5) is 14.2. The Morgan fingerprint density at radius 3 is 1.96 bits per heavy atom. The van der Waals surface area contributed by atoms with E-state index in [2.05, 4.69) is 0 Å². The van der Waals surface area contributed by atoms with Crippen LogP contribution < -0.4 is 9.47 Å². The van der Waals surface area contributed by atoms with Gasteiger partial charge in [0.25, 0.3) is 5.91 Å². The van der Waals surface area contributed by atoms with Crippen molar-refractivity contribution in [3.8, 4) is 11.5 Å². The number of furan rings is 2. The Hall–Kier alpha value is -3.15. The zero-order chi connectivity index (χ0) is 17.5. The Morgan fingerprint density at radius 1 is 0.920 bits per heavy atom. The number of nitrogens with zero attached hydrogens (tertiary/aromatic N) is 1. The second-order valence-electron chi connectivity index (χ2n) is 5.37. The van der Waals surface area contributed by atoms with E-state index in [1.807, 2.05) is 12.1 Å². The van der Waals surface area contributed by atoms with Gasteiger partial charge >= 0.3 is 0 Å². The molecule has 1 aromatic carbocycles. The molecule has 0 saturated carbocycles. The molecular formula is C19H19NO5. The SMILES string of the molecule is COc1ccc(OCC(=O)N(Cc2ccco2)Cc2ccco2)cc1. The Bertz CT molecular complexity index is 727. The first kappa shape index (κ1) is 16.7. The Kier molecular flexibility index (Phi) is 5.41. The minimum absolute atomic E-state index is 0.0756. The maximum atomic E-state index is 12.6. The average molecular weight is 341 g/mol. The van der Waals surface area contributed by atoms with Gasteiger partial charge in [-0.3, -0.25) is 4.79 Å². The van der Waals surface area contributed by atoms with Crippen LogP contribution in [0, 0.1) is 0 Å². The van der Waals surface area contributed by atoms with Gasteiger partial charge in [-0.1, -0.05) is 0 Å². The quantitative estimate of drug-likeness (QED) is 0.627. The number of amides is 1. The Labute approximate surface area is 145 Å². The van der Waals surface area contributed by atoms with Crippen molar-refractivity contribution in [2.75, 3.05) is 13.7 Å². The molecule has 0 fully saturated rings. The van der Waals surface area contributed by atoms with E-state index in [0.717, 1.165) is 5.75 Å². The minimum atomic E-state index is -0.163. The van der Waals surface area contributed by atoms with Crippen LogP contribution in [0.3, 0.4) is 0 Å². The first-order chi connectivity index (χ1) is 12.2. The molecule has 0 aliphatic heterocycles. The largest absolute Gasteiger partial charge is 0.497 e. The molecule has 0 spiro atoms.